The minimum absolute atomic E-state index is 0.215. The molecule has 0 spiro atoms. The molecule has 0 saturated carbocycles. The number of halogens is 2. The highest BCUT2D eigenvalue weighted by atomic mass is 127. The predicted molar refractivity (Wildman–Crippen MR) is 171 cm³/mol. The number of esters is 1. The summed E-state index contributed by atoms with van der Waals surface area (Å²) < 4.78 is 14.7. The molecule has 11 heteroatoms. The average molecular weight is 759 g/mol. The summed E-state index contributed by atoms with van der Waals surface area (Å²) >= 11 is 7.05. The number of hydrogen-bond donors (Lipinski definition) is 1. The third kappa shape index (κ3) is 5.99. The highest BCUT2D eigenvalue weighted by Gasteiger charge is 2.33. The van der Waals surface area contributed by atoms with Crippen LogP contribution in [-0.4, -0.2) is 28.7 Å². The van der Waals surface area contributed by atoms with Gasteiger partial charge in [0.1, 0.15) is 12.4 Å². The molecule has 5 rings (SSSR count). The molecule has 0 bridgehead atoms. The number of carboxylic acids is 1. The SMILES string of the molecule is CCC1=C(C(=O)OC)[C@@H](c2ccccc2)n2c(s/c(=C\c3cc(Br)c(OCc4ccc(C(=O)O)cc4)c(I)c3)c2=O)=N1. The maximum Gasteiger partial charge on any atom is 0.338 e. The summed E-state index contributed by atoms with van der Waals surface area (Å²) in [5, 5.41) is 9.10. The first-order chi connectivity index (χ1) is 20.2. The van der Waals surface area contributed by atoms with E-state index in [-0.39, 0.29) is 17.7 Å². The zero-order valence-electron chi connectivity index (χ0n) is 22.5. The number of rotatable bonds is 8. The van der Waals surface area contributed by atoms with Crippen LogP contribution in [0, 0.1) is 3.57 Å². The molecule has 0 fully saturated rings. The van der Waals surface area contributed by atoms with Crippen LogP contribution < -0.4 is 19.6 Å². The van der Waals surface area contributed by atoms with Gasteiger partial charge in [-0.3, -0.25) is 9.36 Å². The van der Waals surface area contributed by atoms with Gasteiger partial charge >= 0.3 is 11.9 Å². The topological polar surface area (TPSA) is 107 Å². The molecule has 1 aliphatic rings. The highest BCUT2D eigenvalue weighted by Crippen LogP contribution is 2.34. The molecular weight excluding hydrogens is 735 g/mol. The number of ether oxygens (including phenoxy) is 2. The summed E-state index contributed by atoms with van der Waals surface area (Å²) in [6, 6.07) is 19.1. The molecule has 3 aromatic carbocycles. The van der Waals surface area contributed by atoms with Gasteiger partial charge in [0, 0.05) is 0 Å². The van der Waals surface area contributed by atoms with E-state index in [1.165, 1.54) is 18.4 Å². The monoisotopic (exact) mass is 758 g/mol. The van der Waals surface area contributed by atoms with Crippen molar-refractivity contribution in [2.45, 2.75) is 26.0 Å². The van der Waals surface area contributed by atoms with Crippen molar-refractivity contribution in [3.63, 3.8) is 0 Å². The summed E-state index contributed by atoms with van der Waals surface area (Å²) in [4.78, 5) is 43.1. The molecule has 8 nitrogen and oxygen atoms in total. The van der Waals surface area contributed by atoms with E-state index >= 15 is 0 Å². The van der Waals surface area contributed by atoms with Gasteiger partial charge in [-0.05, 0) is 92.0 Å². The number of allylic oxidation sites excluding steroid dienone is 1. The molecule has 0 unspecified atom stereocenters. The molecule has 0 amide bonds. The fourth-order valence-electron chi connectivity index (χ4n) is 4.67. The van der Waals surface area contributed by atoms with Crippen LogP contribution in [0.5, 0.6) is 5.75 Å². The smallest absolute Gasteiger partial charge is 0.338 e. The minimum atomic E-state index is -0.979. The van der Waals surface area contributed by atoms with Crippen molar-refractivity contribution < 1.29 is 24.2 Å². The van der Waals surface area contributed by atoms with E-state index in [1.54, 1.807) is 34.9 Å². The molecule has 214 valence electrons. The summed E-state index contributed by atoms with van der Waals surface area (Å²) in [6.07, 6.45) is 2.32. The van der Waals surface area contributed by atoms with Crippen LogP contribution >= 0.6 is 49.9 Å². The Morgan fingerprint density at radius 3 is 2.48 bits per heavy atom. The molecule has 0 radical (unpaired) electrons. The van der Waals surface area contributed by atoms with E-state index in [1.807, 2.05) is 49.4 Å². The average Bonchev–Trinajstić information content (AvgIpc) is 3.30. The Bertz CT molecular complexity index is 1880. The van der Waals surface area contributed by atoms with Crippen LogP contribution in [0.15, 0.2) is 92.3 Å². The van der Waals surface area contributed by atoms with E-state index in [0.717, 1.165) is 20.3 Å². The third-order valence-electron chi connectivity index (χ3n) is 6.67. The molecule has 1 aliphatic heterocycles. The normalized spacial score (nSPS) is 14.8. The number of fused-ring (bicyclic) bond motifs is 1. The Morgan fingerprint density at radius 2 is 1.86 bits per heavy atom. The number of carbonyl (C=O) groups is 2. The molecule has 2 heterocycles. The first kappa shape index (κ1) is 29.9. The molecule has 4 aromatic rings. The highest BCUT2D eigenvalue weighted by molar-refractivity contribution is 14.1. The van der Waals surface area contributed by atoms with Crippen LogP contribution in [0.25, 0.3) is 6.08 Å². The van der Waals surface area contributed by atoms with Crippen LogP contribution in [0.1, 0.15) is 46.4 Å². The molecule has 42 heavy (non-hydrogen) atoms. The second-order valence-corrected chi connectivity index (χ2v) is 12.3. The number of carbonyl (C=O) groups excluding carboxylic acids is 1. The van der Waals surface area contributed by atoms with Gasteiger partial charge in [-0.15, -0.1) is 0 Å². The number of carboxylic acid groups (broad SMARTS) is 1. The van der Waals surface area contributed by atoms with Crippen molar-refractivity contribution in [2.75, 3.05) is 7.11 Å². The second-order valence-electron chi connectivity index (χ2n) is 9.30. The lowest BCUT2D eigenvalue weighted by Crippen LogP contribution is -2.40. The Kier molecular flexibility index (Phi) is 9.09. The summed E-state index contributed by atoms with van der Waals surface area (Å²) in [5.74, 6) is -0.852. The fourth-order valence-corrected chi connectivity index (χ4v) is 7.45. The summed E-state index contributed by atoms with van der Waals surface area (Å²) in [6.45, 7) is 2.18. The first-order valence-corrected chi connectivity index (χ1v) is 15.5. The molecule has 1 atom stereocenters. The van der Waals surface area contributed by atoms with Crippen molar-refractivity contribution in [1.29, 1.82) is 0 Å². The number of aromatic carboxylic acids is 1. The lowest BCUT2D eigenvalue weighted by atomic mass is 9.95. The molecule has 0 aliphatic carbocycles. The fraction of sp³-hybridized carbons (Fsp3) is 0.161. The Morgan fingerprint density at radius 1 is 1.14 bits per heavy atom. The number of thiazole rings is 1. The third-order valence-corrected chi connectivity index (χ3v) is 9.04. The maximum absolute atomic E-state index is 13.8. The molecular formula is C31H24BrIN2O6S. The largest absolute Gasteiger partial charge is 0.487 e. The van der Waals surface area contributed by atoms with Gasteiger partial charge in [0.2, 0.25) is 0 Å². The second kappa shape index (κ2) is 12.8. The van der Waals surface area contributed by atoms with Gasteiger partial charge in [-0.25, -0.2) is 14.6 Å². The number of aromatic nitrogens is 1. The zero-order valence-corrected chi connectivity index (χ0v) is 27.0. The Balaban J connectivity index is 1.52. The van der Waals surface area contributed by atoms with Crippen LogP contribution in [-0.2, 0) is 16.1 Å². The summed E-state index contributed by atoms with van der Waals surface area (Å²) in [7, 11) is 1.33. The number of methoxy groups -OCH3 is 1. The zero-order chi connectivity index (χ0) is 30.0. The molecule has 0 saturated heterocycles. The minimum Gasteiger partial charge on any atom is -0.487 e. The van der Waals surface area contributed by atoms with Crippen molar-refractivity contribution in [1.82, 2.24) is 4.57 Å². The van der Waals surface area contributed by atoms with E-state index in [2.05, 4.69) is 38.5 Å². The van der Waals surface area contributed by atoms with Gasteiger partial charge in [0.25, 0.3) is 5.56 Å². The number of nitrogens with zero attached hydrogens (tertiary/aromatic N) is 2. The Labute approximate surface area is 266 Å². The van der Waals surface area contributed by atoms with E-state index in [9.17, 15) is 14.4 Å². The van der Waals surface area contributed by atoms with Gasteiger partial charge in [0.05, 0.1) is 42.6 Å². The van der Waals surface area contributed by atoms with Gasteiger partial charge in [0.15, 0.2) is 4.80 Å². The predicted octanol–water partition coefficient (Wildman–Crippen LogP) is 5.44. The standard InChI is InChI=1S/C31H24BrIN2O6S/c1-3-23-25(30(39)40-2)26(19-7-5-4-6-8-19)35-28(36)24(42-31(35)34-23)15-18-13-21(32)27(22(33)14-18)41-16-17-9-11-20(12-10-17)29(37)38/h4-15,26H,3,16H2,1-2H3,(H,37,38)/b24-15-/t26-/m1/s1. The lowest BCUT2D eigenvalue weighted by Gasteiger charge is -2.25. The van der Waals surface area contributed by atoms with Crippen LogP contribution in [0.3, 0.4) is 0 Å². The lowest BCUT2D eigenvalue weighted by molar-refractivity contribution is -0.136. The molecule has 1 aromatic heterocycles. The van der Waals surface area contributed by atoms with E-state index in [0.29, 0.717) is 37.2 Å². The van der Waals surface area contributed by atoms with Crippen molar-refractivity contribution in [2.24, 2.45) is 4.99 Å². The van der Waals surface area contributed by atoms with Crippen molar-refractivity contribution in [3.05, 3.63) is 128 Å². The van der Waals surface area contributed by atoms with E-state index < -0.39 is 18.0 Å². The number of hydrogen-bond acceptors (Lipinski definition) is 7. The number of benzene rings is 3. The Hall–Kier alpha value is -3.55. The maximum atomic E-state index is 13.8. The first-order valence-electron chi connectivity index (χ1n) is 12.8. The van der Waals surface area contributed by atoms with Gasteiger partial charge in [-0.2, -0.15) is 0 Å². The van der Waals surface area contributed by atoms with Crippen molar-refractivity contribution >= 4 is 67.9 Å². The van der Waals surface area contributed by atoms with Crippen LogP contribution in [0.4, 0.5) is 0 Å². The summed E-state index contributed by atoms with van der Waals surface area (Å²) in [5.41, 5.74) is 3.34. The van der Waals surface area contributed by atoms with E-state index in [4.69, 9.17) is 19.6 Å². The van der Waals surface area contributed by atoms with Crippen LogP contribution in [0.2, 0.25) is 0 Å². The van der Waals surface area contributed by atoms with Gasteiger partial charge < -0.3 is 14.6 Å². The van der Waals surface area contributed by atoms with Crippen molar-refractivity contribution in [3.8, 4) is 5.75 Å². The van der Waals surface area contributed by atoms with Gasteiger partial charge in [-0.1, -0.05) is 60.7 Å². The quantitative estimate of drug-likeness (QED) is 0.190. The molecule has 1 N–H and O–H groups in total.